The number of rotatable bonds is 4. The van der Waals surface area contributed by atoms with Gasteiger partial charge in [-0.2, -0.15) is 0 Å². The van der Waals surface area contributed by atoms with Crippen molar-refractivity contribution in [1.82, 2.24) is 10.6 Å². The second kappa shape index (κ2) is 7.24. The van der Waals surface area contributed by atoms with Gasteiger partial charge < -0.3 is 16.0 Å². The summed E-state index contributed by atoms with van der Waals surface area (Å²) in [5.74, 6) is -2.24. The van der Waals surface area contributed by atoms with E-state index in [2.05, 4.69) is 22.5 Å². The number of carbonyl (C=O) groups excluding carboxylic acids is 2. The maximum atomic E-state index is 13.8. The Kier molecular flexibility index (Phi) is 4.84. The number of hydrogen-bond donors (Lipinski definition) is 3. The smallest absolute Gasteiger partial charge is 0.319 e. The number of nitrogens with zero attached hydrogens (tertiary/aromatic N) is 1. The predicted octanol–water partition coefficient (Wildman–Crippen LogP) is 2.86. The molecule has 2 aromatic carbocycles. The fourth-order valence-corrected chi connectivity index (χ4v) is 2.88. The minimum absolute atomic E-state index is 0.0232. The van der Waals surface area contributed by atoms with E-state index in [0.29, 0.717) is 5.56 Å². The molecule has 1 saturated heterocycles. The lowest BCUT2D eigenvalue weighted by Crippen LogP contribution is -2.51. The van der Waals surface area contributed by atoms with Crippen LogP contribution in [0.1, 0.15) is 11.6 Å². The van der Waals surface area contributed by atoms with Gasteiger partial charge in [0, 0.05) is 17.8 Å². The molecule has 0 saturated carbocycles. The Labute approximate surface area is 153 Å². The van der Waals surface area contributed by atoms with Gasteiger partial charge in [0.15, 0.2) is 0 Å². The number of nitro groups is 1. The molecule has 1 heterocycles. The number of carbonyl (C=O) groups is 2. The lowest BCUT2D eigenvalue weighted by molar-refractivity contribution is -0.384. The first kappa shape index (κ1) is 18.1. The van der Waals surface area contributed by atoms with E-state index in [1.54, 1.807) is 12.1 Å². The van der Waals surface area contributed by atoms with Crippen molar-refractivity contribution in [2.24, 2.45) is 5.92 Å². The summed E-state index contributed by atoms with van der Waals surface area (Å²) in [6.45, 7) is 3.70. The first-order chi connectivity index (χ1) is 12.9. The van der Waals surface area contributed by atoms with Crippen molar-refractivity contribution in [3.8, 4) is 0 Å². The molecule has 0 unspecified atom stereocenters. The number of non-ortho nitro benzene ring substituents is 1. The largest absolute Gasteiger partial charge is 0.330 e. The molecule has 0 aromatic heterocycles. The van der Waals surface area contributed by atoms with E-state index >= 15 is 0 Å². The zero-order valence-corrected chi connectivity index (χ0v) is 13.9. The second-order valence-corrected chi connectivity index (χ2v) is 5.90. The molecular formula is C18H15FN4O4. The lowest BCUT2D eigenvalue weighted by Gasteiger charge is -2.33. The van der Waals surface area contributed by atoms with Gasteiger partial charge >= 0.3 is 6.03 Å². The molecule has 3 N–H and O–H groups in total. The topological polar surface area (TPSA) is 113 Å². The van der Waals surface area contributed by atoms with Gasteiger partial charge in [0.1, 0.15) is 11.7 Å². The highest BCUT2D eigenvalue weighted by atomic mass is 19.1. The number of amides is 3. The Bertz CT molecular complexity index is 946. The van der Waals surface area contributed by atoms with Crippen molar-refractivity contribution in [3.05, 3.63) is 82.3 Å². The van der Waals surface area contributed by atoms with Crippen molar-refractivity contribution in [2.45, 2.75) is 6.04 Å². The van der Waals surface area contributed by atoms with Crippen LogP contribution in [0.5, 0.6) is 0 Å². The van der Waals surface area contributed by atoms with Crippen LogP contribution in [0.15, 0.2) is 60.8 Å². The van der Waals surface area contributed by atoms with Crippen molar-refractivity contribution in [1.29, 1.82) is 0 Å². The Morgan fingerprint density at radius 2 is 1.96 bits per heavy atom. The summed E-state index contributed by atoms with van der Waals surface area (Å²) in [7, 11) is 0. The first-order valence-corrected chi connectivity index (χ1v) is 7.93. The van der Waals surface area contributed by atoms with Gasteiger partial charge in [-0.3, -0.25) is 14.9 Å². The summed E-state index contributed by atoms with van der Waals surface area (Å²) in [5.41, 5.74) is 0.252. The van der Waals surface area contributed by atoms with Gasteiger partial charge in [0.25, 0.3) is 5.69 Å². The lowest BCUT2D eigenvalue weighted by atomic mass is 9.88. The average molecular weight is 370 g/mol. The van der Waals surface area contributed by atoms with Gasteiger partial charge in [0.2, 0.25) is 5.91 Å². The third kappa shape index (κ3) is 3.76. The molecule has 0 radical (unpaired) electrons. The second-order valence-electron chi connectivity index (χ2n) is 5.90. The van der Waals surface area contributed by atoms with Crippen molar-refractivity contribution < 1.29 is 18.9 Å². The van der Waals surface area contributed by atoms with Crippen molar-refractivity contribution >= 4 is 23.3 Å². The minimum Gasteiger partial charge on any atom is -0.330 e. The molecule has 0 aliphatic carbocycles. The number of para-hydroxylation sites is 1. The molecule has 0 bridgehead atoms. The van der Waals surface area contributed by atoms with Crippen LogP contribution >= 0.6 is 0 Å². The van der Waals surface area contributed by atoms with Crippen LogP contribution in [0.4, 0.5) is 20.6 Å². The van der Waals surface area contributed by atoms with E-state index in [9.17, 15) is 24.1 Å². The summed E-state index contributed by atoms with van der Waals surface area (Å²) in [6.07, 6.45) is 0. The highest BCUT2D eigenvalue weighted by molar-refractivity contribution is 5.97. The molecule has 27 heavy (non-hydrogen) atoms. The normalized spacial score (nSPS) is 19.0. The van der Waals surface area contributed by atoms with Crippen molar-refractivity contribution in [3.63, 3.8) is 0 Å². The first-order valence-electron chi connectivity index (χ1n) is 7.93. The molecule has 0 spiro atoms. The highest BCUT2D eigenvalue weighted by Gasteiger charge is 2.38. The number of benzene rings is 2. The Morgan fingerprint density at radius 3 is 2.67 bits per heavy atom. The molecule has 1 aliphatic rings. The third-order valence-corrected chi connectivity index (χ3v) is 4.12. The van der Waals surface area contributed by atoms with E-state index in [1.807, 2.05) is 0 Å². The molecule has 3 rings (SSSR count). The van der Waals surface area contributed by atoms with Gasteiger partial charge in [-0.05, 0) is 17.7 Å². The number of nitrogens with one attached hydrogen (secondary N) is 3. The van der Waals surface area contributed by atoms with E-state index in [0.717, 1.165) is 0 Å². The van der Waals surface area contributed by atoms with Gasteiger partial charge in [-0.1, -0.05) is 30.8 Å². The molecule has 1 fully saturated rings. The molecule has 9 heteroatoms. The van der Waals surface area contributed by atoms with E-state index < -0.39 is 34.6 Å². The summed E-state index contributed by atoms with van der Waals surface area (Å²) in [5, 5.41) is 18.5. The Balaban J connectivity index is 1.95. The molecule has 2 aromatic rings. The average Bonchev–Trinajstić information content (AvgIpc) is 2.63. The molecule has 2 atom stereocenters. The van der Waals surface area contributed by atoms with Gasteiger partial charge in [0.05, 0.1) is 16.7 Å². The summed E-state index contributed by atoms with van der Waals surface area (Å²) in [6, 6.07) is 9.73. The number of urea groups is 1. The third-order valence-electron chi connectivity index (χ3n) is 4.12. The van der Waals surface area contributed by atoms with E-state index in [4.69, 9.17) is 0 Å². The standard InChI is InChI=1S/C18H15FN4O4/c1-10-15(17(24)21-14-8-3-2-7-13(14)19)16(22-18(25)20-10)11-5-4-6-12(9-11)23(26)27/h2-9,15-16H,1H2,(H,21,24)(H2,20,22,25)/t15-,16+/m1/s1. The zero-order valence-electron chi connectivity index (χ0n) is 13.9. The molecule has 138 valence electrons. The van der Waals surface area contributed by atoms with Gasteiger partial charge in [-0.15, -0.1) is 0 Å². The Morgan fingerprint density at radius 1 is 1.22 bits per heavy atom. The molecular weight excluding hydrogens is 355 g/mol. The number of hydrogen-bond acceptors (Lipinski definition) is 4. The van der Waals surface area contributed by atoms with Crippen LogP contribution in [0.2, 0.25) is 0 Å². The zero-order chi connectivity index (χ0) is 19.6. The maximum absolute atomic E-state index is 13.8. The van der Waals surface area contributed by atoms with Crippen LogP contribution in [-0.4, -0.2) is 16.9 Å². The minimum atomic E-state index is -1.01. The molecule has 3 amide bonds. The predicted molar refractivity (Wildman–Crippen MR) is 95.2 cm³/mol. The maximum Gasteiger partial charge on any atom is 0.319 e. The number of nitro benzene ring substituents is 1. The number of anilines is 1. The van der Waals surface area contributed by atoms with Crippen LogP contribution in [0, 0.1) is 21.8 Å². The molecule has 8 nitrogen and oxygen atoms in total. The summed E-state index contributed by atoms with van der Waals surface area (Å²) >= 11 is 0. The summed E-state index contributed by atoms with van der Waals surface area (Å²) < 4.78 is 13.8. The van der Waals surface area contributed by atoms with Crippen LogP contribution in [-0.2, 0) is 4.79 Å². The summed E-state index contributed by atoms with van der Waals surface area (Å²) in [4.78, 5) is 35.1. The molecule has 1 aliphatic heterocycles. The van der Waals surface area contributed by atoms with Crippen molar-refractivity contribution in [2.75, 3.05) is 5.32 Å². The quantitative estimate of drug-likeness (QED) is 0.567. The van der Waals surface area contributed by atoms with Gasteiger partial charge in [-0.25, -0.2) is 9.18 Å². The highest BCUT2D eigenvalue weighted by Crippen LogP contribution is 2.32. The van der Waals surface area contributed by atoms with Crippen LogP contribution in [0.25, 0.3) is 0 Å². The number of halogens is 1. The van der Waals surface area contributed by atoms with E-state index in [1.165, 1.54) is 36.4 Å². The monoisotopic (exact) mass is 370 g/mol. The Hall–Kier alpha value is -3.75. The van der Waals surface area contributed by atoms with Crippen LogP contribution < -0.4 is 16.0 Å². The van der Waals surface area contributed by atoms with E-state index in [-0.39, 0.29) is 17.1 Å². The SMILES string of the molecule is C=C1NC(=O)N[C@@H](c2cccc([N+](=O)[O-])c2)[C@@H]1C(=O)Nc1ccccc1F. The fourth-order valence-electron chi connectivity index (χ4n) is 2.88. The fraction of sp³-hybridized carbons (Fsp3) is 0.111. The van der Waals surface area contributed by atoms with Crippen LogP contribution in [0.3, 0.4) is 0 Å².